The Morgan fingerprint density at radius 1 is 1.45 bits per heavy atom. The van der Waals surface area contributed by atoms with E-state index in [9.17, 15) is 0 Å². The summed E-state index contributed by atoms with van der Waals surface area (Å²) < 4.78 is 1.53. The average Bonchev–Trinajstić information content (AvgIpc) is 2.91. The van der Waals surface area contributed by atoms with E-state index in [1.807, 2.05) is 0 Å². The first-order chi connectivity index (χ1) is 9.70. The van der Waals surface area contributed by atoms with E-state index in [1.54, 1.807) is 36.8 Å². The number of aromatic nitrogens is 3. The molecule has 0 amide bonds. The molecule has 0 atom stereocenters. The minimum absolute atomic E-state index is 0.347. The largest absolute Gasteiger partial charge is 0.272 e. The molecule has 1 heterocycles. The SMILES string of the molecule is C=CCONC(=Cn1cncn1)c1ccc(Cl)cc1Cl. The van der Waals surface area contributed by atoms with Crippen LogP contribution in [0.2, 0.25) is 10.0 Å². The first-order valence-electron chi connectivity index (χ1n) is 5.70. The van der Waals surface area contributed by atoms with Gasteiger partial charge in [-0.05, 0) is 18.2 Å². The lowest BCUT2D eigenvalue weighted by Crippen LogP contribution is -2.14. The van der Waals surface area contributed by atoms with Crippen molar-refractivity contribution in [1.29, 1.82) is 0 Å². The van der Waals surface area contributed by atoms with Crippen LogP contribution >= 0.6 is 23.2 Å². The van der Waals surface area contributed by atoms with Gasteiger partial charge in [-0.3, -0.25) is 10.3 Å². The van der Waals surface area contributed by atoms with Gasteiger partial charge in [0.2, 0.25) is 0 Å². The fourth-order valence-corrected chi connectivity index (χ4v) is 1.96. The van der Waals surface area contributed by atoms with Crippen LogP contribution in [-0.2, 0) is 4.84 Å². The zero-order chi connectivity index (χ0) is 14.4. The molecule has 20 heavy (non-hydrogen) atoms. The molecule has 1 aromatic carbocycles. The molecule has 0 bridgehead atoms. The second-order valence-corrected chi connectivity index (χ2v) is 4.59. The van der Waals surface area contributed by atoms with Crippen molar-refractivity contribution in [2.45, 2.75) is 0 Å². The standard InChI is InChI=1S/C13H12Cl2N4O/c1-2-5-20-18-13(7-19-9-16-8-17-19)11-4-3-10(14)6-12(11)15/h2-4,6-9,18H,1,5H2. The summed E-state index contributed by atoms with van der Waals surface area (Å²) in [5, 5.41) is 5.06. The van der Waals surface area contributed by atoms with Crippen molar-refractivity contribution in [2.24, 2.45) is 0 Å². The maximum absolute atomic E-state index is 6.19. The van der Waals surface area contributed by atoms with Crippen LogP contribution in [0.5, 0.6) is 0 Å². The highest BCUT2D eigenvalue weighted by atomic mass is 35.5. The lowest BCUT2D eigenvalue weighted by molar-refractivity contribution is 0.104. The number of rotatable bonds is 6. The Bertz CT molecular complexity index is 611. The molecule has 7 heteroatoms. The summed E-state index contributed by atoms with van der Waals surface area (Å²) >= 11 is 12.1. The van der Waals surface area contributed by atoms with Gasteiger partial charge in [-0.1, -0.05) is 29.3 Å². The quantitative estimate of drug-likeness (QED) is 0.505. The van der Waals surface area contributed by atoms with Gasteiger partial charge in [-0.25, -0.2) is 9.67 Å². The molecular weight excluding hydrogens is 299 g/mol. The maximum atomic E-state index is 6.19. The molecule has 0 saturated carbocycles. The van der Waals surface area contributed by atoms with E-state index in [0.717, 1.165) is 5.56 Å². The minimum Gasteiger partial charge on any atom is -0.272 e. The van der Waals surface area contributed by atoms with Gasteiger partial charge in [0.15, 0.2) is 0 Å². The normalized spacial score (nSPS) is 11.4. The zero-order valence-corrected chi connectivity index (χ0v) is 12.0. The van der Waals surface area contributed by atoms with Crippen LogP contribution in [0.4, 0.5) is 0 Å². The van der Waals surface area contributed by atoms with Crippen molar-refractivity contribution >= 4 is 35.1 Å². The Kier molecular flexibility index (Phi) is 5.17. The molecule has 1 aromatic heterocycles. The number of nitrogens with zero attached hydrogens (tertiary/aromatic N) is 3. The number of benzene rings is 1. The van der Waals surface area contributed by atoms with Crippen LogP contribution in [0.15, 0.2) is 43.5 Å². The number of hydrogen-bond acceptors (Lipinski definition) is 4. The van der Waals surface area contributed by atoms with Gasteiger partial charge in [-0.15, -0.1) is 6.58 Å². The predicted octanol–water partition coefficient (Wildman–Crippen LogP) is 3.25. The van der Waals surface area contributed by atoms with Crippen LogP contribution in [0.25, 0.3) is 11.9 Å². The third kappa shape index (κ3) is 3.84. The summed E-state index contributed by atoms with van der Waals surface area (Å²) in [4.78, 5) is 9.11. The second kappa shape index (κ2) is 7.09. The average molecular weight is 311 g/mol. The minimum atomic E-state index is 0.347. The van der Waals surface area contributed by atoms with Crippen LogP contribution in [0, 0.1) is 0 Å². The topological polar surface area (TPSA) is 52.0 Å². The van der Waals surface area contributed by atoms with Crippen molar-refractivity contribution in [3.63, 3.8) is 0 Å². The molecule has 0 saturated heterocycles. The van der Waals surface area contributed by atoms with Crippen LogP contribution < -0.4 is 5.48 Å². The smallest absolute Gasteiger partial charge is 0.138 e. The number of hydrogen-bond donors (Lipinski definition) is 1. The van der Waals surface area contributed by atoms with E-state index in [4.69, 9.17) is 28.0 Å². The Hall–Kier alpha value is -1.82. The highest BCUT2D eigenvalue weighted by Crippen LogP contribution is 2.26. The third-order valence-electron chi connectivity index (χ3n) is 2.30. The first-order valence-corrected chi connectivity index (χ1v) is 6.46. The summed E-state index contributed by atoms with van der Waals surface area (Å²) in [6.45, 7) is 3.93. The van der Waals surface area contributed by atoms with Crippen molar-refractivity contribution in [3.05, 3.63) is 59.1 Å². The van der Waals surface area contributed by atoms with E-state index in [1.165, 1.54) is 11.0 Å². The summed E-state index contributed by atoms with van der Waals surface area (Å²) in [6, 6.07) is 5.19. The molecule has 104 valence electrons. The molecule has 0 aliphatic rings. The third-order valence-corrected chi connectivity index (χ3v) is 2.85. The Balaban J connectivity index is 2.32. The fourth-order valence-electron chi connectivity index (χ4n) is 1.45. The molecule has 0 aliphatic carbocycles. The van der Waals surface area contributed by atoms with E-state index in [-0.39, 0.29) is 0 Å². The Labute approximate surface area is 126 Å². The van der Waals surface area contributed by atoms with Gasteiger partial charge in [0.1, 0.15) is 12.7 Å². The van der Waals surface area contributed by atoms with Gasteiger partial charge in [0.25, 0.3) is 0 Å². The van der Waals surface area contributed by atoms with Gasteiger partial charge in [0, 0.05) is 10.6 Å². The van der Waals surface area contributed by atoms with Gasteiger partial charge in [-0.2, -0.15) is 5.10 Å². The van der Waals surface area contributed by atoms with Gasteiger partial charge in [0.05, 0.1) is 23.5 Å². The van der Waals surface area contributed by atoms with Gasteiger partial charge >= 0.3 is 0 Å². The van der Waals surface area contributed by atoms with Crippen LogP contribution in [0.1, 0.15) is 5.56 Å². The Morgan fingerprint density at radius 3 is 2.95 bits per heavy atom. The lowest BCUT2D eigenvalue weighted by atomic mass is 10.2. The molecular formula is C13H12Cl2N4O. The highest BCUT2D eigenvalue weighted by molar-refractivity contribution is 6.35. The molecule has 2 aromatic rings. The zero-order valence-electron chi connectivity index (χ0n) is 10.5. The second-order valence-electron chi connectivity index (χ2n) is 3.74. The van der Waals surface area contributed by atoms with Gasteiger partial charge < -0.3 is 0 Å². The summed E-state index contributed by atoms with van der Waals surface area (Å²) in [5.41, 5.74) is 4.17. The maximum Gasteiger partial charge on any atom is 0.138 e. The van der Waals surface area contributed by atoms with Crippen molar-refractivity contribution in [2.75, 3.05) is 6.61 Å². The predicted molar refractivity (Wildman–Crippen MR) is 79.9 cm³/mol. The molecule has 0 aliphatic heterocycles. The molecule has 0 fully saturated rings. The molecule has 5 nitrogen and oxygen atoms in total. The lowest BCUT2D eigenvalue weighted by Gasteiger charge is -2.12. The molecule has 1 N–H and O–H groups in total. The summed E-state index contributed by atoms with van der Waals surface area (Å²) in [7, 11) is 0. The highest BCUT2D eigenvalue weighted by Gasteiger charge is 2.08. The number of halogens is 2. The van der Waals surface area contributed by atoms with Crippen LogP contribution in [-0.4, -0.2) is 21.4 Å². The Morgan fingerprint density at radius 2 is 2.30 bits per heavy atom. The van der Waals surface area contributed by atoms with Crippen molar-refractivity contribution in [3.8, 4) is 0 Å². The van der Waals surface area contributed by atoms with E-state index in [2.05, 4.69) is 22.1 Å². The molecule has 2 rings (SSSR count). The molecule has 0 unspecified atom stereocenters. The van der Waals surface area contributed by atoms with Crippen molar-refractivity contribution < 1.29 is 4.84 Å². The number of hydroxylamine groups is 1. The summed E-state index contributed by atoms with van der Waals surface area (Å²) in [6.07, 6.45) is 6.32. The summed E-state index contributed by atoms with van der Waals surface area (Å²) in [5.74, 6) is 0. The fraction of sp³-hybridized carbons (Fsp3) is 0.0769. The van der Waals surface area contributed by atoms with Crippen molar-refractivity contribution in [1.82, 2.24) is 20.2 Å². The van der Waals surface area contributed by atoms with E-state index in [0.29, 0.717) is 22.3 Å². The molecule has 0 radical (unpaired) electrons. The number of nitrogens with one attached hydrogen (secondary N) is 1. The van der Waals surface area contributed by atoms with E-state index < -0.39 is 0 Å². The monoisotopic (exact) mass is 310 g/mol. The van der Waals surface area contributed by atoms with E-state index >= 15 is 0 Å². The van der Waals surface area contributed by atoms with Crippen LogP contribution in [0.3, 0.4) is 0 Å². The first kappa shape index (κ1) is 14.6. The molecule has 0 spiro atoms.